The number of aromatic amines is 1. The number of thiophene rings is 1. The molecule has 0 bridgehead atoms. The van der Waals surface area contributed by atoms with Crippen LogP contribution in [-0.2, 0) is 0 Å². The Hall–Kier alpha value is -2.27. The van der Waals surface area contributed by atoms with Gasteiger partial charge in [0.1, 0.15) is 10.6 Å². The van der Waals surface area contributed by atoms with Crippen LogP contribution in [0.15, 0.2) is 35.8 Å². The second-order valence-corrected chi connectivity index (χ2v) is 4.85. The molecule has 90 valence electrons. The monoisotopic (exact) mass is 258 g/mol. The van der Waals surface area contributed by atoms with Gasteiger partial charge in [-0.25, -0.2) is 4.79 Å². The summed E-state index contributed by atoms with van der Waals surface area (Å²) in [7, 11) is 0. The van der Waals surface area contributed by atoms with Gasteiger partial charge in [-0.1, -0.05) is 18.2 Å². The second kappa shape index (κ2) is 3.89. The quantitative estimate of drug-likeness (QED) is 0.660. The van der Waals surface area contributed by atoms with Crippen molar-refractivity contribution in [1.29, 1.82) is 0 Å². The first-order chi connectivity index (χ1) is 8.68. The second-order valence-electron chi connectivity index (χ2n) is 3.94. The number of hydrogen-bond acceptors (Lipinski definition) is 3. The summed E-state index contributed by atoms with van der Waals surface area (Å²) in [4.78, 5) is 14.4. The highest BCUT2D eigenvalue weighted by atomic mass is 32.1. The number of benzene rings is 1. The number of nitrogens with one attached hydrogen (secondary N) is 1. The predicted molar refractivity (Wildman–Crippen MR) is 73.0 cm³/mol. The molecule has 4 N–H and O–H groups in total. The van der Waals surface area contributed by atoms with Crippen LogP contribution in [-0.4, -0.2) is 16.1 Å². The van der Waals surface area contributed by atoms with Crippen molar-refractivity contribution >= 4 is 33.2 Å². The lowest BCUT2D eigenvalue weighted by atomic mass is 10.0. The molecule has 4 nitrogen and oxygen atoms in total. The molecular weight excluding hydrogens is 248 g/mol. The fourth-order valence-corrected chi connectivity index (χ4v) is 2.89. The topological polar surface area (TPSA) is 79.1 Å². The number of H-pyrrole nitrogens is 1. The van der Waals surface area contributed by atoms with Gasteiger partial charge in [0, 0.05) is 33.6 Å². The number of aromatic carboxylic acids is 1. The molecule has 0 amide bonds. The summed E-state index contributed by atoms with van der Waals surface area (Å²) >= 11 is 1.25. The predicted octanol–water partition coefficient (Wildman–Crippen LogP) is 3.18. The first-order valence-corrected chi connectivity index (χ1v) is 6.23. The van der Waals surface area contributed by atoms with E-state index in [4.69, 9.17) is 5.73 Å². The molecule has 3 rings (SSSR count). The van der Waals surface area contributed by atoms with Crippen LogP contribution in [0.1, 0.15) is 10.4 Å². The van der Waals surface area contributed by atoms with Crippen molar-refractivity contribution in [3.8, 4) is 11.1 Å². The number of carboxylic acids is 1. The van der Waals surface area contributed by atoms with Crippen molar-refractivity contribution in [2.24, 2.45) is 0 Å². The van der Waals surface area contributed by atoms with Gasteiger partial charge in [0.2, 0.25) is 0 Å². The number of para-hydroxylation sites is 1. The third-order valence-electron chi connectivity index (χ3n) is 2.91. The number of carboxylic acid groups (broad SMARTS) is 1. The lowest BCUT2D eigenvalue weighted by Crippen LogP contribution is -2.00. The molecule has 0 aliphatic carbocycles. The van der Waals surface area contributed by atoms with Gasteiger partial charge in [-0.3, -0.25) is 0 Å². The van der Waals surface area contributed by atoms with E-state index in [9.17, 15) is 9.90 Å². The minimum absolute atomic E-state index is 0.185. The summed E-state index contributed by atoms with van der Waals surface area (Å²) in [5, 5.41) is 12.3. The molecule has 0 radical (unpaired) electrons. The zero-order chi connectivity index (χ0) is 12.7. The number of nitrogen functional groups attached to an aromatic ring is 1. The summed E-state index contributed by atoms with van der Waals surface area (Å²) in [6.45, 7) is 0. The maximum atomic E-state index is 11.3. The van der Waals surface area contributed by atoms with Gasteiger partial charge in [0.15, 0.2) is 0 Å². The van der Waals surface area contributed by atoms with E-state index in [2.05, 4.69) is 4.98 Å². The highest BCUT2D eigenvalue weighted by Gasteiger charge is 2.19. The molecule has 2 heterocycles. The van der Waals surface area contributed by atoms with Gasteiger partial charge < -0.3 is 15.8 Å². The standard InChI is InChI=1S/C13H10N2O2S/c14-12-11(13(16)17)9(6-18-12)8-5-15-10-4-2-1-3-7(8)10/h1-6,15H,14H2,(H,16,17). The fraction of sp³-hybridized carbons (Fsp3) is 0. The summed E-state index contributed by atoms with van der Waals surface area (Å²) < 4.78 is 0. The molecule has 0 atom stereocenters. The van der Waals surface area contributed by atoms with Crippen molar-refractivity contribution in [3.63, 3.8) is 0 Å². The largest absolute Gasteiger partial charge is 0.478 e. The number of rotatable bonds is 2. The Morgan fingerprint density at radius 3 is 2.83 bits per heavy atom. The fourth-order valence-electron chi connectivity index (χ4n) is 2.09. The third kappa shape index (κ3) is 1.48. The van der Waals surface area contributed by atoms with Gasteiger partial charge in [0.05, 0.1) is 0 Å². The lowest BCUT2D eigenvalue weighted by Gasteiger charge is -1.99. The van der Waals surface area contributed by atoms with Crippen molar-refractivity contribution in [2.45, 2.75) is 0 Å². The Balaban J connectivity index is 2.30. The minimum Gasteiger partial charge on any atom is -0.478 e. The first-order valence-electron chi connectivity index (χ1n) is 5.35. The Bertz CT molecular complexity index is 742. The summed E-state index contributed by atoms with van der Waals surface area (Å²) in [5.41, 5.74) is 8.43. The number of aromatic nitrogens is 1. The van der Waals surface area contributed by atoms with E-state index >= 15 is 0 Å². The SMILES string of the molecule is Nc1scc(-c2c[nH]c3ccccc23)c1C(=O)O. The number of hydrogen-bond donors (Lipinski definition) is 3. The van der Waals surface area contributed by atoms with Crippen LogP contribution in [0.2, 0.25) is 0 Å². The number of carbonyl (C=O) groups is 1. The van der Waals surface area contributed by atoms with Crippen LogP contribution in [0.25, 0.3) is 22.0 Å². The van der Waals surface area contributed by atoms with Crippen LogP contribution in [0, 0.1) is 0 Å². The van der Waals surface area contributed by atoms with E-state index in [-0.39, 0.29) is 5.56 Å². The molecular formula is C13H10N2O2S. The van der Waals surface area contributed by atoms with Crippen molar-refractivity contribution in [3.05, 3.63) is 41.4 Å². The molecule has 18 heavy (non-hydrogen) atoms. The molecule has 0 saturated carbocycles. The summed E-state index contributed by atoms with van der Waals surface area (Å²) in [6, 6.07) is 7.77. The molecule has 0 aliphatic rings. The minimum atomic E-state index is -0.992. The highest BCUT2D eigenvalue weighted by Crippen LogP contribution is 2.37. The van der Waals surface area contributed by atoms with Crippen molar-refractivity contribution in [1.82, 2.24) is 4.98 Å². The maximum Gasteiger partial charge on any atom is 0.339 e. The Morgan fingerprint density at radius 2 is 2.06 bits per heavy atom. The molecule has 2 aromatic heterocycles. The highest BCUT2D eigenvalue weighted by molar-refractivity contribution is 7.15. The smallest absolute Gasteiger partial charge is 0.339 e. The van der Waals surface area contributed by atoms with Crippen LogP contribution in [0.4, 0.5) is 5.00 Å². The van der Waals surface area contributed by atoms with Gasteiger partial charge in [-0.05, 0) is 6.07 Å². The van der Waals surface area contributed by atoms with Crippen molar-refractivity contribution in [2.75, 3.05) is 5.73 Å². The van der Waals surface area contributed by atoms with Crippen LogP contribution >= 0.6 is 11.3 Å². The molecule has 0 unspecified atom stereocenters. The van der Waals surface area contributed by atoms with E-state index in [1.54, 1.807) is 5.38 Å². The molecule has 0 spiro atoms. The average molecular weight is 258 g/mol. The van der Waals surface area contributed by atoms with Gasteiger partial charge >= 0.3 is 5.97 Å². The number of nitrogens with two attached hydrogens (primary N) is 1. The number of anilines is 1. The summed E-state index contributed by atoms with van der Waals surface area (Å²) in [6.07, 6.45) is 1.82. The molecule has 5 heteroatoms. The van der Waals surface area contributed by atoms with Gasteiger partial charge in [-0.2, -0.15) is 0 Å². The van der Waals surface area contributed by atoms with Crippen LogP contribution < -0.4 is 5.73 Å². The van der Waals surface area contributed by atoms with Gasteiger partial charge in [0.25, 0.3) is 0 Å². The normalized spacial score (nSPS) is 10.9. The Kier molecular flexibility index (Phi) is 2.34. The maximum absolute atomic E-state index is 11.3. The number of fused-ring (bicyclic) bond motifs is 1. The van der Waals surface area contributed by atoms with E-state index in [1.165, 1.54) is 11.3 Å². The average Bonchev–Trinajstić information content (AvgIpc) is 2.92. The third-order valence-corrected chi connectivity index (χ3v) is 3.72. The molecule has 3 aromatic rings. The van der Waals surface area contributed by atoms with E-state index < -0.39 is 5.97 Å². The first kappa shape index (κ1) is 10.9. The molecule has 0 aliphatic heterocycles. The van der Waals surface area contributed by atoms with E-state index in [0.29, 0.717) is 10.6 Å². The molecule has 0 fully saturated rings. The van der Waals surface area contributed by atoms with Crippen LogP contribution in [0.3, 0.4) is 0 Å². The summed E-state index contributed by atoms with van der Waals surface area (Å²) in [5.74, 6) is -0.992. The lowest BCUT2D eigenvalue weighted by molar-refractivity contribution is 0.0699. The molecule has 0 saturated heterocycles. The van der Waals surface area contributed by atoms with E-state index in [1.807, 2.05) is 30.5 Å². The Morgan fingerprint density at radius 1 is 1.28 bits per heavy atom. The van der Waals surface area contributed by atoms with Gasteiger partial charge in [-0.15, -0.1) is 11.3 Å². The zero-order valence-corrected chi connectivity index (χ0v) is 10.1. The van der Waals surface area contributed by atoms with Crippen molar-refractivity contribution < 1.29 is 9.90 Å². The van der Waals surface area contributed by atoms with Crippen LogP contribution in [0.5, 0.6) is 0 Å². The molecule has 1 aromatic carbocycles. The Labute approximate surface area is 107 Å². The zero-order valence-electron chi connectivity index (χ0n) is 9.31. The van der Waals surface area contributed by atoms with E-state index in [0.717, 1.165) is 16.5 Å².